The number of nitro groups is 2. The molecule has 10 nitrogen and oxygen atoms in total. The number of hydrogen-bond acceptors (Lipinski definition) is 6. The molecule has 0 fully saturated rings. The van der Waals surface area contributed by atoms with E-state index in [-0.39, 0.29) is 23.0 Å². The van der Waals surface area contributed by atoms with Gasteiger partial charge in [0, 0.05) is 0 Å². The molecule has 2 aromatic rings. The lowest BCUT2D eigenvalue weighted by molar-refractivity contribution is -0.391. The van der Waals surface area contributed by atoms with Crippen molar-refractivity contribution in [1.82, 2.24) is 19.7 Å². The molecule has 0 amide bonds. The molecule has 2 heterocycles. The number of aromatic nitrogens is 4. The van der Waals surface area contributed by atoms with E-state index in [1.54, 1.807) is 6.92 Å². The molecule has 10 heteroatoms. The first-order valence-electron chi connectivity index (χ1n) is 4.79. The van der Waals surface area contributed by atoms with Crippen molar-refractivity contribution in [2.24, 2.45) is 7.05 Å². The average Bonchev–Trinajstić information content (AvgIpc) is 2.81. The Bertz CT molecular complexity index is 642. The van der Waals surface area contributed by atoms with Gasteiger partial charge in [-0.3, -0.25) is 0 Å². The van der Waals surface area contributed by atoms with Crippen LogP contribution < -0.4 is 0 Å². The van der Waals surface area contributed by atoms with Crippen LogP contribution in [0.5, 0.6) is 0 Å². The maximum atomic E-state index is 10.8. The second-order valence-electron chi connectivity index (χ2n) is 3.55. The van der Waals surface area contributed by atoms with E-state index in [9.17, 15) is 20.2 Å². The fraction of sp³-hybridized carbons (Fsp3) is 0.250. The first kappa shape index (κ1) is 11.7. The minimum Gasteiger partial charge on any atom is -0.358 e. The van der Waals surface area contributed by atoms with E-state index < -0.39 is 9.85 Å². The monoisotopic (exact) mass is 252 g/mol. The van der Waals surface area contributed by atoms with Gasteiger partial charge in [0.15, 0.2) is 5.56 Å². The van der Waals surface area contributed by atoms with Crippen molar-refractivity contribution < 1.29 is 9.85 Å². The summed E-state index contributed by atoms with van der Waals surface area (Å²) in [5.74, 6) is -0.462. The number of aromatic amines is 1. The molecule has 0 aromatic carbocycles. The van der Waals surface area contributed by atoms with Crippen molar-refractivity contribution in [3.8, 4) is 11.4 Å². The van der Waals surface area contributed by atoms with Crippen LogP contribution in [0.4, 0.5) is 11.6 Å². The molecule has 0 aliphatic carbocycles. The Morgan fingerprint density at radius 3 is 2.50 bits per heavy atom. The van der Waals surface area contributed by atoms with Gasteiger partial charge in [0.2, 0.25) is 5.82 Å². The maximum absolute atomic E-state index is 10.8. The van der Waals surface area contributed by atoms with E-state index in [2.05, 4.69) is 15.2 Å². The Morgan fingerprint density at radius 2 is 2.00 bits per heavy atom. The highest BCUT2D eigenvalue weighted by Crippen LogP contribution is 2.31. The lowest BCUT2D eigenvalue weighted by Gasteiger charge is -1.98. The van der Waals surface area contributed by atoms with E-state index in [4.69, 9.17) is 0 Å². The van der Waals surface area contributed by atoms with Crippen LogP contribution in [0.15, 0.2) is 6.20 Å². The zero-order valence-corrected chi connectivity index (χ0v) is 9.45. The third kappa shape index (κ3) is 1.59. The zero-order valence-electron chi connectivity index (χ0n) is 9.45. The Balaban J connectivity index is 2.66. The molecular formula is C8H8N6O4. The Kier molecular flexibility index (Phi) is 2.54. The second kappa shape index (κ2) is 3.91. The minimum absolute atomic E-state index is 0.125. The van der Waals surface area contributed by atoms with Gasteiger partial charge in [-0.2, -0.15) is 0 Å². The van der Waals surface area contributed by atoms with Gasteiger partial charge in [0.05, 0.1) is 7.05 Å². The standard InChI is InChI=1S/C8H8N6O4/c1-4-6(8(11-10-4)14(17)18)7-9-3-5(12(7)2)13(15)16/h3H,1-2H3,(H,10,11). The van der Waals surface area contributed by atoms with Crippen LogP contribution in [0.25, 0.3) is 11.4 Å². The summed E-state index contributed by atoms with van der Waals surface area (Å²) < 4.78 is 1.17. The van der Waals surface area contributed by atoms with Gasteiger partial charge in [-0.05, 0) is 16.8 Å². The summed E-state index contributed by atoms with van der Waals surface area (Å²) in [6, 6.07) is 0. The second-order valence-corrected chi connectivity index (χ2v) is 3.55. The highest BCUT2D eigenvalue weighted by molar-refractivity contribution is 5.69. The maximum Gasteiger partial charge on any atom is 0.356 e. The van der Waals surface area contributed by atoms with Gasteiger partial charge >= 0.3 is 11.6 Å². The highest BCUT2D eigenvalue weighted by Gasteiger charge is 2.29. The summed E-state index contributed by atoms with van der Waals surface area (Å²) in [6.45, 7) is 1.55. The summed E-state index contributed by atoms with van der Waals surface area (Å²) in [7, 11) is 1.41. The predicted molar refractivity (Wildman–Crippen MR) is 58.8 cm³/mol. The number of nitrogens with zero attached hydrogens (tertiary/aromatic N) is 5. The first-order chi connectivity index (χ1) is 8.43. The molecule has 0 atom stereocenters. The van der Waals surface area contributed by atoms with Crippen molar-refractivity contribution in [1.29, 1.82) is 0 Å². The van der Waals surface area contributed by atoms with Gasteiger partial charge in [-0.25, -0.2) is 9.55 Å². The summed E-state index contributed by atoms with van der Waals surface area (Å²) in [5.41, 5.74) is 0.501. The minimum atomic E-state index is -0.643. The van der Waals surface area contributed by atoms with Crippen LogP contribution in [0.2, 0.25) is 0 Å². The van der Waals surface area contributed by atoms with Crippen LogP contribution in [-0.4, -0.2) is 29.6 Å². The quantitative estimate of drug-likeness (QED) is 0.638. The molecule has 0 saturated heterocycles. The van der Waals surface area contributed by atoms with E-state index in [1.165, 1.54) is 11.6 Å². The molecule has 0 saturated carbocycles. The smallest absolute Gasteiger partial charge is 0.356 e. The number of hydrogen-bond donors (Lipinski definition) is 1. The van der Waals surface area contributed by atoms with Crippen molar-refractivity contribution in [2.75, 3.05) is 0 Å². The SMILES string of the molecule is Cc1n[nH]c([N+](=O)[O-])c1-c1ncc([N+](=O)[O-])n1C. The fourth-order valence-corrected chi connectivity index (χ4v) is 1.62. The third-order valence-electron chi connectivity index (χ3n) is 2.49. The van der Waals surface area contributed by atoms with Crippen molar-refractivity contribution in [2.45, 2.75) is 6.92 Å². The van der Waals surface area contributed by atoms with E-state index >= 15 is 0 Å². The average molecular weight is 252 g/mol. The van der Waals surface area contributed by atoms with Crippen LogP contribution in [0.3, 0.4) is 0 Å². The van der Waals surface area contributed by atoms with Crippen LogP contribution in [-0.2, 0) is 7.05 Å². The zero-order chi connectivity index (χ0) is 13.4. The predicted octanol–water partition coefficient (Wildman–Crippen LogP) is 0.935. The number of aryl methyl sites for hydroxylation is 1. The molecular weight excluding hydrogens is 244 g/mol. The topological polar surface area (TPSA) is 133 Å². The van der Waals surface area contributed by atoms with Gasteiger partial charge in [-0.15, -0.1) is 5.10 Å². The summed E-state index contributed by atoms with van der Waals surface area (Å²) in [4.78, 5) is 24.1. The molecule has 94 valence electrons. The number of rotatable bonds is 3. The first-order valence-corrected chi connectivity index (χ1v) is 4.79. The Hall–Kier alpha value is -2.78. The largest absolute Gasteiger partial charge is 0.358 e. The molecule has 2 aromatic heterocycles. The highest BCUT2D eigenvalue weighted by atomic mass is 16.6. The number of H-pyrrole nitrogens is 1. The Labute approximate surface area is 99.6 Å². The molecule has 0 radical (unpaired) electrons. The van der Waals surface area contributed by atoms with Crippen LogP contribution >= 0.6 is 0 Å². The van der Waals surface area contributed by atoms with Gasteiger partial charge in [0.25, 0.3) is 0 Å². The van der Waals surface area contributed by atoms with Gasteiger partial charge < -0.3 is 20.2 Å². The molecule has 0 bridgehead atoms. The summed E-state index contributed by atoms with van der Waals surface area (Å²) >= 11 is 0. The van der Waals surface area contributed by atoms with E-state index in [0.717, 1.165) is 6.20 Å². The van der Waals surface area contributed by atoms with Gasteiger partial charge in [0.1, 0.15) is 11.9 Å². The van der Waals surface area contributed by atoms with Crippen molar-refractivity contribution in [3.05, 3.63) is 32.1 Å². The van der Waals surface area contributed by atoms with Crippen LogP contribution in [0, 0.1) is 27.2 Å². The summed E-state index contributed by atoms with van der Waals surface area (Å²) in [6.07, 6.45) is 1.05. The van der Waals surface area contributed by atoms with Crippen molar-refractivity contribution in [3.63, 3.8) is 0 Å². The van der Waals surface area contributed by atoms with Crippen LogP contribution in [0.1, 0.15) is 5.69 Å². The Morgan fingerprint density at radius 1 is 1.33 bits per heavy atom. The fourth-order valence-electron chi connectivity index (χ4n) is 1.62. The normalized spacial score (nSPS) is 10.6. The molecule has 1 N–H and O–H groups in total. The summed E-state index contributed by atoms with van der Waals surface area (Å²) in [5, 5.41) is 27.5. The molecule has 0 aliphatic rings. The number of nitrogens with one attached hydrogen (secondary N) is 1. The van der Waals surface area contributed by atoms with Crippen molar-refractivity contribution >= 4 is 11.6 Å². The van der Waals surface area contributed by atoms with Gasteiger partial charge in [-0.1, -0.05) is 5.10 Å². The van der Waals surface area contributed by atoms with E-state index in [1.807, 2.05) is 0 Å². The lowest BCUT2D eigenvalue weighted by atomic mass is 10.2. The van der Waals surface area contributed by atoms with E-state index in [0.29, 0.717) is 5.69 Å². The molecule has 0 aliphatic heterocycles. The molecule has 0 unspecified atom stereocenters. The number of imidazole rings is 1. The molecule has 0 spiro atoms. The molecule has 18 heavy (non-hydrogen) atoms. The lowest BCUT2D eigenvalue weighted by Crippen LogP contribution is -2.00. The third-order valence-corrected chi connectivity index (χ3v) is 2.49. The molecule has 2 rings (SSSR count).